The van der Waals surface area contributed by atoms with Crippen LogP contribution in [0.5, 0.6) is 11.5 Å². The van der Waals surface area contributed by atoms with E-state index in [2.05, 4.69) is 12.1 Å². The highest BCUT2D eigenvalue weighted by Crippen LogP contribution is 2.31. The second-order valence-electron chi connectivity index (χ2n) is 4.35. The maximum Gasteiger partial charge on any atom is 0.134 e. The fourth-order valence-corrected chi connectivity index (χ4v) is 2.89. The van der Waals surface area contributed by atoms with E-state index in [9.17, 15) is 0 Å². The lowest BCUT2D eigenvalue weighted by molar-refractivity contribution is 0.407. The van der Waals surface area contributed by atoms with Crippen LogP contribution in [-0.2, 0) is 6.42 Å². The fourth-order valence-electron chi connectivity index (χ4n) is 1.99. The third-order valence-electron chi connectivity index (χ3n) is 3.12. The number of aryl methyl sites for hydroxylation is 1. The molecular weight excluding hydrogens is 258 g/mol. The van der Waals surface area contributed by atoms with Crippen LogP contribution in [0.4, 0.5) is 0 Å². The summed E-state index contributed by atoms with van der Waals surface area (Å²) < 4.78 is 10.4. The standard InChI is InChI=1S/C15H19NO2S/c1-17-12-6-3-11(4-7-12)5-8-13(16)15-14(18-2)9-10-19-15/h3-4,6-7,9-10,13H,5,8,16H2,1-2H3. The molecule has 2 aromatic rings. The molecule has 19 heavy (non-hydrogen) atoms. The molecule has 0 fully saturated rings. The number of rotatable bonds is 6. The fraction of sp³-hybridized carbons (Fsp3) is 0.333. The van der Waals surface area contributed by atoms with Gasteiger partial charge in [0.1, 0.15) is 11.5 Å². The molecule has 102 valence electrons. The van der Waals surface area contributed by atoms with Crippen LogP contribution >= 0.6 is 11.3 Å². The molecule has 0 radical (unpaired) electrons. The van der Waals surface area contributed by atoms with Crippen molar-refractivity contribution in [2.75, 3.05) is 14.2 Å². The van der Waals surface area contributed by atoms with E-state index in [1.165, 1.54) is 5.56 Å². The molecule has 0 aliphatic rings. The topological polar surface area (TPSA) is 44.5 Å². The van der Waals surface area contributed by atoms with E-state index in [0.717, 1.165) is 29.2 Å². The number of hydrogen-bond donors (Lipinski definition) is 1. The molecule has 1 aromatic carbocycles. The number of benzene rings is 1. The Balaban J connectivity index is 1.94. The first-order chi connectivity index (χ1) is 9.24. The van der Waals surface area contributed by atoms with Crippen molar-refractivity contribution in [1.29, 1.82) is 0 Å². The van der Waals surface area contributed by atoms with Crippen molar-refractivity contribution in [3.8, 4) is 11.5 Å². The second kappa shape index (κ2) is 6.59. The van der Waals surface area contributed by atoms with Gasteiger partial charge in [-0.25, -0.2) is 0 Å². The maximum atomic E-state index is 6.23. The van der Waals surface area contributed by atoms with Gasteiger partial charge in [0.25, 0.3) is 0 Å². The minimum atomic E-state index is 0.0250. The molecule has 2 N–H and O–H groups in total. The molecule has 1 atom stereocenters. The van der Waals surface area contributed by atoms with E-state index in [0.29, 0.717) is 0 Å². The number of hydrogen-bond acceptors (Lipinski definition) is 4. The Morgan fingerprint density at radius 2 is 1.84 bits per heavy atom. The van der Waals surface area contributed by atoms with Crippen molar-refractivity contribution < 1.29 is 9.47 Å². The maximum absolute atomic E-state index is 6.23. The predicted octanol–water partition coefficient (Wildman–Crippen LogP) is 3.40. The van der Waals surface area contributed by atoms with Crippen LogP contribution < -0.4 is 15.2 Å². The Bertz CT molecular complexity index is 507. The lowest BCUT2D eigenvalue weighted by Crippen LogP contribution is -2.10. The highest BCUT2D eigenvalue weighted by molar-refractivity contribution is 7.10. The van der Waals surface area contributed by atoms with Crippen LogP contribution in [0.15, 0.2) is 35.7 Å². The molecule has 0 aliphatic heterocycles. The van der Waals surface area contributed by atoms with Gasteiger partial charge in [-0.05, 0) is 42.0 Å². The molecule has 0 amide bonds. The summed E-state index contributed by atoms with van der Waals surface area (Å²) in [5.74, 6) is 1.78. The van der Waals surface area contributed by atoms with E-state index in [1.54, 1.807) is 25.6 Å². The van der Waals surface area contributed by atoms with Gasteiger partial charge in [0, 0.05) is 6.04 Å². The van der Waals surface area contributed by atoms with E-state index < -0.39 is 0 Å². The molecule has 4 heteroatoms. The van der Waals surface area contributed by atoms with E-state index in [-0.39, 0.29) is 6.04 Å². The monoisotopic (exact) mass is 277 g/mol. The van der Waals surface area contributed by atoms with E-state index in [1.807, 2.05) is 23.6 Å². The first-order valence-electron chi connectivity index (χ1n) is 6.24. The van der Waals surface area contributed by atoms with Crippen molar-refractivity contribution in [2.45, 2.75) is 18.9 Å². The molecule has 0 bridgehead atoms. The molecule has 1 unspecified atom stereocenters. The number of thiophene rings is 1. The van der Waals surface area contributed by atoms with Crippen molar-refractivity contribution in [3.63, 3.8) is 0 Å². The van der Waals surface area contributed by atoms with Crippen LogP contribution in [0.2, 0.25) is 0 Å². The van der Waals surface area contributed by atoms with Crippen molar-refractivity contribution in [3.05, 3.63) is 46.2 Å². The minimum Gasteiger partial charge on any atom is -0.497 e. The minimum absolute atomic E-state index is 0.0250. The molecular formula is C15H19NO2S. The molecule has 3 nitrogen and oxygen atoms in total. The zero-order valence-electron chi connectivity index (χ0n) is 11.3. The van der Waals surface area contributed by atoms with Gasteiger partial charge in [-0.15, -0.1) is 11.3 Å². The molecule has 1 aromatic heterocycles. The van der Waals surface area contributed by atoms with Gasteiger partial charge in [-0.1, -0.05) is 12.1 Å². The quantitative estimate of drug-likeness (QED) is 0.880. The van der Waals surface area contributed by atoms with Gasteiger partial charge in [-0.2, -0.15) is 0 Å². The number of ether oxygens (including phenoxy) is 2. The smallest absolute Gasteiger partial charge is 0.134 e. The van der Waals surface area contributed by atoms with Crippen molar-refractivity contribution >= 4 is 11.3 Å². The average Bonchev–Trinajstić information content (AvgIpc) is 2.93. The predicted molar refractivity (Wildman–Crippen MR) is 79.1 cm³/mol. The highest BCUT2D eigenvalue weighted by Gasteiger charge is 2.13. The first-order valence-corrected chi connectivity index (χ1v) is 7.12. The van der Waals surface area contributed by atoms with Crippen molar-refractivity contribution in [2.24, 2.45) is 5.73 Å². The zero-order valence-corrected chi connectivity index (χ0v) is 12.1. The third-order valence-corrected chi connectivity index (χ3v) is 4.15. The summed E-state index contributed by atoms with van der Waals surface area (Å²) in [6, 6.07) is 10.1. The largest absolute Gasteiger partial charge is 0.497 e. The Morgan fingerprint density at radius 1 is 1.11 bits per heavy atom. The van der Waals surface area contributed by atoms with Crippen molar-refractivity contribution in [1.82, 2.24) is 0 Å². The summed E-state index contributed by atoms with van der Waals surface area (Å²) in [5, 5.41) is 2.02. The molecule has 0 saturated heterocycles. The Kier molecular flexibility index (Phi) is 4.82. The Morgan fingerprint density at radius 3 is 2.47 bits per heavy atom. The normalized spacial score (nSPS) is 12.2. The lowest BCUT2D eigenvalue weighted by Gasteiger charge is -2.12. The summed E-state index contributed by atoms with van der Waals surface area (Å²) in [7, 11) is 3.36. The molecule has 0 spiro atoms. The van der Waals surface area contributed by atoms with Crippen LogP contribution in [0, 0.1) is 0 Å². The van der Waals surface area contributed by atoms with Gasteiger partial charge < -0.3 is 15.2 Å². The summed E-state index contributed by atoms with van der Waals surface area (Å²) in [6.07, 6.45) is 1.86. The zero-order chi connectivity index (χ0) is 13.7. The Hall–Kier alpha value is -1.52. The van der Waals surface area contributed by atoms with Crippen LogP contribution in [-0.4, -0.2) is 14.2 Å². The number of methoxy groups -OCH3 is 2. The molecule has 0 aliphatic carbocycles. The van der Waals surface area contributed by atoms with Gasteiger partial charge in [0.2, 0.25) is 0 Å². The van der Waals surface area contributed by atoms with Crippen LogP contribution in [0.3, 0.4) is 0 Å². The summed E-state index contributed by atoms with van der Waals surface area (Å²) in [5.41, 5.74) is 7.50. The second-order valence-corrected chi connectivity index (χ2v) is 5.29. The van der Waals surface area contributed by atoms with Crippen LogP contribution in [0.1, 0.15) is 22.9 Å². The molecule has 2 rings (SSSR count). The van der Waals surface area contributed by atoms with Gasteiger partial charge in [0.15, 0.2) is 0 Å². The lowest BCUT2D eigenvalue weighted by atomic mass is 10.0. The third kappa shape index (κ3) is 3.49. The van der Waals surface area contributed by atoms with E-state index in [4.69, 9.17) is 15.2 Å². The molecule has 1 heterocycles. The Labute approximate surface area is 118 Å². The summed E-state index contributed by atoms with van der Waals surface area (Å²) in [6.45, 7) is 0. The summed E-state index contributed by atoms with van der Waals surface area (Å²) in [4.78, 5) is 1.12. The van der Waals surface area contributed by atoms with Gasteiger partial charge in [-0.3, -0.25) is 0 Å². The highest BCUT2D eigenvalue weighted by atomic mass is 32.1. The molecule has 0 saturated carbocycles. The van der Waals surface area contributed by atoms with Crippen LogP contribution in [0.25, 0.3) is 0 Å². The first kappa shape index (κ1) is 13.9. The average molecular weight is 277 g/mol. The van der Waals surface area contributed by atoms with E-state index >= 15 is 0 Å². The summed E-state index contributed by atoms with van der Waals surface area (Å²) >= 11 is 1.65. The SMILES string of the molecule is COc1ccc(CCC(N)c2sccc2OC)cc1. The number of nitrogens with two attached hydrogens (primary N) is 1. The van der Waals surface area contributed by atoms with Gasteiger partial charge >= 0.3 is 0 Å². The van der Waals surface area contributed by atoms with Gasteiger partial charge in [0.05, 0.1) is 19.1 Å².